The predicted molar refractivity (Wildman–Crippen MR) is 487 cm³/mol. The molecule has 8 N–H and O–H groups in total. The summed E-state index contributed by atoms with van der Waals surface area (Å²) in [6.45, 7) is 57.2. The minimum atomic E-state index is -3.46. The summed E-state index contributed by atoms with van der Waals surface area (Å²) in [5.41, 5.74) is 5.93. The molecule has 734 valence electrons. The second-order valence-electron chi connectivity index (χ2n) is 37.4. The monoisotopic (exact) mass is 1940 g/mol. The maximum Gasteiger partial charge on any atom is 1.00 e. The molecule has 0 aromatic heterocycles. The van der Waals surface area contributed by atoms with Crippen LogP contribution in [0.4, 0.5) is 0 Å². The second kappa shape index (κ2) is 73.0. The number of halogens is 1. The molecule has 123 heavy (non-hydrogen) atoms. The molecule has 0 aromatic rings. The molecule has 33 nitrogen and oxygen atoms in total. The van der Waals surface area contributed by atoms with Crippen LogP contribution < -0.4 is 35.3 Å². The number of aliphatic hydroxyl groups excluding tert-OH is 5. The summed E-state index contributed by atoms with van der Waals surface area (Å²) in [6.07, 6.45) is 0.910. The Bertz CT molecular complexity index is 3100. The van der Waals surface area contributed by atoms with Gasteiger partial charge in [0.2, 0.25) is 0 Å². The molecule has 6 atom stereocenters. The molecule has 0 amide bonds. The van der Waals surface area contributed by atoms with Gasteiger partial charge >= 0.3 is 77.3 Å². The number of rotatable bonds is 36. The fourth-order valence-corrected chi connectivity index (χ4v) is 17.0. The number of esters is 8. The summed E-state index contributed by atoms with van der Waals surface area (Å²) in [4.78, 5) is 95.1. The van der Waals surface area contributed by atoms with Crippen LogP contribution in [0, 0.1) is 32.5 Å². The van der Waals surface area contributed by atoms with Crippen molar-refractivity contribution < 1.29 is 180 Å². The first-order valence-corrected chi connectivity index (χ1v) is 49.9. The molecule has 6 unspecified atom stereocenters. The van der Waals surface area contributed by atoms with Crippen molar-refractivity contribution in [2.24, 2.45) is 38.2 Å². The summed E-state index contributed by atoms with van der Waals surface area (Å²) in [7, 11) is -13.4. The van der Waals surface area contributed by atoms with Gasteiger partial charge in [-0.15, -0.1) is 0 Å². The summed E-state index contributed by atoms with van der Waals surface area (Å²) in [6, 6.07) is 0. The topological polar surface area (TPSA) is 534 Å². The van der Waals surface area contributed by atoms with Crippen molar-refractivity contribution in [1.82, 2.24) is 0 Å². The van der Waals surface area contributed by atoms with E-state index in [1.54, 1.807) is 32.5 Å². The van der Waals surface area contributed by atoms with Crippen LogP contribution in [-0.4, -0.2) is 281 Å². The van der Waals surface area contributed by atoms with E-state index in [1.165, 1.54) is 66.6 Å². The first-order valence-electron chi connectivity index (χ1n) is 39.6. The van der Waals surface area contributed by atoms with E-state index in [9.17, 15) is 76.8 Å². The number of nitrogens with two attached hydrogens (primary N) is 1. The summed E-state index contributed by atoms with van der Waals surface area (Å²) in [5, 5.41) is 43.4. The molecular weight excluding hydrogens is 1780 g/mol. The number of sulfone groups is 4. The van der Waals surface area contributed by atoms with Gasteiger partial charge in [0, 0.05) is 79.4 Å². The van der Waals surface area contributed by atoms with Crippen molar-refractivity contribution in [2.45, 2.75) is 314 Å². The van der Waals surface area contributed by atoms with E-state index in [0.29, 0.717) is 41.3 Å². The fraction of sp³-hybridized carbons (Fsp3) is 0.889. The number of thiol groups is 1. The van der Waals surface area contributed by atoms with Crippen molar-refractivity contribution in [2.75, 3.05) is 115 Å². The van der Waals surface area contributed by atoms with Gasteiger partial charge in [-0.1, -0.05) is 136 Å². The SMILES string of the molecule is CC(=O)OC(C)=O.CC(=O)OCC(CS(=O)(=O)CCC(C)(C)C)OC(C)=O.CC(=O)OCC(CS(=O)(=O)CCC(C)(C)C)OC(C)=O.CC(=O)OCC(CS(=O)(=O)CCC(C)(C)N)OC(C)=O.CC(=O)SCCC(C)(C)C.CC(C)(C)CCS.CC(C)(C)CCS(=O)(=O)CC(O)CO.CC(C)(C)CCSCC(O)CO.CC(C)(C)OCl.OCC1CO1.[Na+].[OH-]. The minimum Gasteiger partial charge on any atom is -0.870 e. The van der Waals surface area contributed by atoms with Crippen LogP contribution in [0.15, 0.2) is 0 Å². The molecule has 1 saturated heterocycles. The number of carbonyl (C=O) groups excluding carboxylic acids is 9. The molecule has 0 spiro atoms. The Hall–Kier alpha value is -2.59. The zero-order valence-electron chi connectivity index (χ0n) is 80.5. The van der Waals surface area contributed by atoms with Crippen molar-refractivity contribution in [3.63, 3.8) is 0 Å². The zero-order valence-corrected chi connectivity index (χ0v) is 89.0. The van der Waals surface area contributed by atoms with Crippen LogP contribution in [0.2, 0.25) is 0 Å². The van der Waals surface area contributed by atoms with E-state index in [-0.39, 0.29) is 148 Å². The number of aliphatic hydroxyl groups is 5. The average molecular weight is 1950 g/mol. The maximum atomic E-state index is 12.0. The number of epoxide rings is 1. The third-order valence-electron chi connectivity index (χ3n) is 13.6. The van der Waals surface area contributed by atoms with Crippen LogP contribution >= 0.6 is 48.0 Å². The number of carbonyl (C=O) groups is 9. The Morgan fingerprint density at radius 1 is 0.431 bits per heavy atom. The molecule has 0 saturated carbocycles. The van der Waals surface area contributed by atoms with Gasteiger partial charge in [0.05, 0.1) is 102 Å². The van der Waals surface area contributed by atoms with Gasteiger partial charge in [0.25, 0.3) is 0 Å². The third kappa shape index (κ3) is 143. The Morgan fingerprint density at radius 2 is 0.691 bits per heavy atom. The molecular formula is C81H163ClNNaO32S7. The third-order valence-corrected chi connectivity index (χ3v) is 23.1. The maximum absolute atomic E-state index is 12.0. The minimum absolute atomic E-state index is 0. The van der Waals surface area contributed by atoms with E-state index in [0.717, 1.165) is 43.6 Å². The molecule has 42 heteroatoms. The molecule has 0 aromatic carbocycles. The van der Waals surface area contributed by atoms with Gasteiger partial charge in [-0.05, 0) is 124 Å². The summed E-state index contributed by atoms with van der Waals surface area (Å²) < 4.78 is 136. The quantitative estimate of drug-likeness (QED) is 0.00600. The number of hydrogen-bond acceptors (Lipinski definition) is 36. The van der Waals surface area contributed by atoms with E-state index in [1.807, 2.05) is 83.1 Å². The van der Waals surface area contributed by atoms with Crippen LogP contribution in [-0.2, 0) is 125 Å². The van der Waals surface area contributed by atoms with Crippen LogP contribution in [0.1, 0.15) is 267 Å². The number of thioether (sulfide) groups is 2. The number of ether oxygens (including phenoxy) is 8. The summed E-state index contributed by atoms with van der Waals surface area (Å²) >= 11 is 12.2. The van der Waals surface area contributed by atoms with Gasteiger partial charge < -0.3 is 74.6 Å². The molecule has 1 aliphatic rings. The summed E-state index contributed by atoms with van der Waals surface area (Å²) in [5.74, 6) is -2.41. The normalized spacial score (nSPS) is 13.9. The van der Waals surface area contributed by atoms with Gasteiger partial charge in [-0.25, -0.2) is 33.7 Å². The standard InChI is InChI=1S/2C13H24O6S.C12H23NO6S.C9H20O4S.C9H20O2S.C8H16OS.C6H14S.C4H9ClO.C4H6O3.C3H6O2.Na.H2O/c2*1-10(14)18-8-12(19-11(2)15)9-20(16,17)7-6-13(3,4)5;1-9(14)18-7-11(19-10(2)15)8-20(16,17)6-5-12(3,4)13;1-9(2,3)4-5-14(12,13)7-8(11)6-10;1-9(2,3)4-5-12-7-8(11)6-10;1-7(9)10-6-5-8(2,3)4;1-6(2,3)4-5-7;1-4(2,3)6-5;1-3(5)7-4(2)6;4-1-3-2-5-3;;/h2*12H,6-9H2,1-5H3;11H,5-8,13H2,1-4H3;8,10-11H,4-7H2,1-3H3;8,10-11H,4-7H2,1-3H3;5-6H2,1-4H3;7H,4-5H2,1-3H3;1-3H3;1-2H3;3-4H,1-2H2;;1H2/q;;;;;;;;;;+1;/p-1. The first-order chi connectivity index (χ1) is 53.9. The van der Waals surface area contributed by atoms with Crippen molar-refractivity contribution in [3.05, 3.63) is 0 Å². The van der Waals surface area contributed by atoms with E-state index in [2.05, 4.69) is 88.7 Å². The Morgan fingerprint density at radius 3 is 0.862 bits per heavy atom. The molecule has 1 aliphatic heterocycles. The first kappa shape index (κ1) is 143. The Balaban J connectivity index is -0.000000129. The predicted octanol–water partition coefficient (Wildman–Crippen LogP) is 7.70. The van der Waals surface area contributed by atoms with Crippen molar-refractivity contribution in [3.8, 4) is 0 Å². The molecule has 1 heterocycles. The van der Waals surface area contributed by atoms with Gasteiger partial charge in [0.1, 0.15) is 44.2 Å². The number of hydrogen-bond donors (Lipinski definition) is 7. The molecule has 0 radical (unpaired) electrons. The molecule has 1 rings (SSSR count). The largest absolute Gasteiger partial charge is 1.00 e. The molecule has 0 bridgehead atoms. The molecule has 1 fully saturated rings. The van der Waals surface area contributed by atoms with Crippen LogP contribution in [0.25, 0.3) is 0 Å². The average Bonchev–Trinajstić information content (AvgIpc) is 1.66. The van der Waals surface area contributed by atoms with Crippen molar-refractivity contribution in [1.29, 1.82) is 0 Å². The van der Waals surface area contributed by atoms with Gasteiger partial charge in [-0.2, -0.15) is 24.4 Å². The van der Waals surface area contributed by atoms with E-state index in [4.69, 9.17) is 71.6 Å². The second-order valence-corrected chi connectivity index (χ2v) is 49.3. The van der Waals surface area contributed by atoms with Crippen LogP contribution in [0.5, 0.6) is 0 Å². The van der Waals surface area contributed by atoms with E-state index < -0.39 is 136 Å². The van der Waals surface area contributed by atoms with Crippen molar-refractivity contribution >= 4 is 140 Å². The zero-order chi connectivity index (χ0) is 97.8. The van der Waals surface area contributed by atoms with Crippen LogP contribution in [0.3, 0.4) is 0 Å². The molecule has 0 aliphatic carbocycles. The Labute approximate surface area is 781 Å². The smallest absolute Gasteiger partial charge is 0.870 e. The fourth-order valence-electron chi connectivity index (χ4n) is 6.88. The van der Waals surface area contributed by atoms with Gasteiger partial charge in [-0.3, -0.25) is 47.4 Å². The van der Waals surface area contributed by atoms with E-state index >= 15 is 0 Å². The van der Waals surface area contributed by atoms with Gasteiger partial charge in [0.15, 0.2) is 44.5 Å². The Kier molecular flexibility index (Phi) is 85.2.